The highest BCUT2D eigenvalue weighted by Crippen LogP contribution is 2.19. The molecule has 0 spiro atoms. The van der Waals surface area contributed by atoms with Gasteiger partial charge in [-0.05, 0) is 19.4 Å². The fraction of sp³-hybridized carbons (Fsp3) is 0.500. The van der Waals surface area contributed by atoms with Gasteiger partial charge in [-0.3, -0.25) is 4.79 Å². The summed E-state index contributed by atoms with van der Waals surface area (Å²) in [6, 6.07) is 2.62. The van der Waals surface area contributed by atoms with E-state index in [1.54, 1.807) is 0 Å². The monoisotopic (exact) mass is 238 g/mol. The zero-order valence-corrected chi connectivity index (χ0v) is 9.65. The van der Waals surface area contributed by atoms with Crippen molar-refractivity contribution in [1.82, 2.24) is 10.3 Å². The van der Waals surface area contributed by atoms with E-state index in [-0.39, 0.29) is 12.0 Å². The predicted molar refractivity (Wildman–Crippen MR) is 60.0 cm³/mol. The molecule has 1 aromatic rings. The molecule has 0 aromatic carbocycles. The third-order valence-corrected chi connectivity index (χ3v) is 3.05. The summed E-state index contributed by atoms with van der Waals surface area (Å²) in [5.41, 5.74) is 0.295. The zero-order chi connectivity index (χ0) is 12.3. The number of halogens is 1. The van der Waals surface area contributed by atoms with Crippen molar-refractivity contribution in [2.45, 2.75) is 19.4 Å². The number of nitrogens with zero attached hydrogens (tertiary/aromatic N) is 1. The van der Waals surface area contributed by atoms with Crippen molar-refractivity contribution < 1.29 is 13.9 Å². The van der Waals surface area contributed by atoms with Gasteiger partial charge in [0.15, 0.2) is 0 Å². The highest BCUT2D eigenvalue weighted by atomic mass is 19.1. The summed E-state index contributed by atoms with van der Waals surface area (Å²) in [5, 5.41) is 2.79. The minimum Gasteiger partial charge on any atom is -0.378 e. The molecule has 4 nitrogen and oxygen atoms in total. The SMILES string of the molecule is CC1OCCC1CNC(=O)c1ccnc(F)c1. The molecule has 92 valence electrons. The fourth-order valence-electron chi connectivity index (χ4n) is 1.91. The molecular weight excluding hydrogens is 223 g/mol. The van der Waals surface area contributed by atoms with Crippen molar-refractivity contribution in [1.29, 1.82) is 0 Å². The molecule has 2 rings (SSSR count). The highest BCUT2D eigenvalue weighted by molar-refractivity contribution is 5.93. The first-order valence-electron chi connectivity index (χ1n) is 5.68. The number of hydrogen-bond donors (Lipinski definition) is 1. The van der Waals surface area contributed by atoms with Gasteiger partial charge in [-0.25, -0.2) is 4.98 Å². The maximum Gasteiger partial charge on any atom is 0.251 e. The molecule has 17 heavy (non-hydrogen) atoms. The summed E-state index contributed by atoms with van der Waals surface area (Å²) in [4.78, 5) is 15.1. The van der Waals surface area contributed by atoms with E-state index in [4.69, 9.17) is 4.74 Å². The van der Waals surface area contributed by atoms with Gasteiger partial charge in [0, 0.05) is 36.9 Å². The Kier molecular flexibility index (Phi) is 3.68. The van der Waals surface area contributed by atoms with Crippen molar-refractivity contribution in [3.05, 3.63) is 29.8 Å². The molecule has 2 unspecified atom stereocenters. The number of carbonyl (C=O) groups is 1. The summed E-state index contributed by atoms with van der Waals surface area (Å²) in [6.45, 7) is 3.30. The van der Waals surface area contributed by atoms with Gasteiger partial charge in [-0.2, -0.15) is 4.39 Å². The molecule has 0 saturated carbocycles. The van der Waals surface area contributed by atoms with Gasteiger partial charge in [0.25, 0.3) is 5.91 Å². The van der Waals surface area contributed by atoms with Crippen molar-refractivity contribution in [3.63, 3.8) is 0 Å². The summed E-state index contributed by atoms with van der Waals surface area (Å²) in [5.74, 6) is -0.578. The van der Waals surface area contributed by atoms with E-state index in [2.05, 4.69) is 10.3 Å². The van der Waals surface area contributed by atoms with Crippen LogP contribution >= 0.6 is 0 Å². The first-order chi connectivity index (χ1) is 8.16. The average molecular weight is 238 g/mol. The molecular formula is C12H15FN2O2. The third-order valence-electron chi connectivity index (χ3n) is 3.05. The molecule has 1 amide bonds. The van der Waals surface area contributed by atoms with E-state index in [1.165, 1.54) is 12.3 Å². The molecule has 1 fully saturated rings. The van der Waals surface area contributed by atoms with Gasteiger partial charge in [0.2, 0.25) is 5.95 Å². The number of rotatable bonds is 3. The van der Waals surface area contributed by atoms with E-state index >= 15 is 0 Å². The largest absolute Gasteiger partial charge is 0.378 e. The van der Waals surface area contributed by atoms with Crippen LogP contribution in [-0.2, 0) is 4.74 Å². The van der Waals surface area contributed by atoms with Crippen LogP contribution in [0.2, 0.25) is 0 Å². The van der Waals surface area contributed by atoms with E-state index in [0.29, 0.717) is 18.0 Å². The van der Waals surface area contributed by atoms with Gasteiger partial charge in [0.05, 0.1) is 6.10 Å². The summed E-state index contributed by atoms with van der Waals surface area (Å²) < 4.78 is 18.2. The lowest BCUT2D eigenvalue weighted by Gasteiger charge is -2.14. The van der Waals surface area contributed by atoms with Gasteiger partial charge >= 0.3 is 0 Å². The molecule has 2 heterocycles. The summed E-state index contributed by atoms with van der Waals surface area (Å²) >= 11 is 0. The Morgan fingerprint density at radius 2 is 2.53 bits per heavy atom. The Morgan fingerprint density at radius 1 is 1.71 bits per heavy atom. The molecule has 0 aliphatic carbocycles. The van der Waals surface area contributed by atoms with E-state index in [9.17, 15) is 9.18 Å². The normalized spacial score (nSPS) is 23.6. The van der Waals surface area contributed by atoms with Crippen molar-refractivity contribution >= 4 is 5.91 Å². The lowest BCUT2D eigenvalue weighted by Crippen LogP contribution is -2.32. The van der Waals surface area contributed by atoms with Crippen LogP contribution in [0.25, 0.3) is 0 Å². The fourth-order valence-corrected chi connectivity index (χ4v) is 1.91. The number of aromatic nitrogens is 1. The molecule has 0 bridgehead atoms. The van der Waals surface area contributed by atoms with E-state index in [0.717, 1.165) is 19.1 Å². The van der Waals surface area contributed by atoms with Crippen LogP contribution in [0, 0.1) is 11.9 Å². The zero-order valence-electron chi connectivity index (χ0n) is 9.65. The Hall–Kier alpha value is -1.49. The number of pyridine rings is 1. The molecule has 1 saturated heterocycles. The Labute approximate surface area is 99.2 Å². The molecule has 1 N–H and O–H groups in total. The van der Waals surface area contributed by atoms with Crippen LogP contribution in [0.15, 0.2) is 18.3 Å². The number of carbonyl (C=O) groups excluding carboxylic acids is 1. The number of nitrogens with one attached hydrogen (secondary N) is 1. The molecule has 1 aliphatic rings. The van der Waals surface area contributed by atoms with E-state index < -0.39 is 5.95 Å². The number of ether oxygens (including phenoxy) is 1. The number of hydrogen-bond acceptors (Lipinski definition) is 3. The number of amides is 1. The van der Waals surface area contributed by atoms with E-state index in [1.807, 2.05) is 6.92 Å². The molecule has 0 radical (unpaired) electrons. The lowest BCUT2D eigenvalue weighted by atomic mass is 10.0. The van der Waals surface area contributed by atoms with Crippen molar-refractivity contribution in [2.24, 2.45) is 5.92 Å². The topological polar surface area (TPSA) is 51.2 Å². The molecule has 1 aromatic heterocycles. The predicted octanol–water partition coefficient (Wildman–Crippen LogP) is 1.38. The van der Waals surface area contributed by atoms with Crippen LogP contribution in [0.3, 0.4) is 0 Å². The van der Waals surface area contributed by atoms with Crippen LogP contribution in [0.1, 0.15) is 23.7 Å². The molecule has 2 atom stereocenters. The first-order valence-corrected chi connectivity index (χ1v) is 5.68. The first kappa shape index (κ1) is 12.0. The van der Waals surface area contributed by atoms with Gasteiger partial charge in [-0.1, -0.05) is 0 Å². The second-order valence-electron chi connectivity index (χ2n) is 4.20. The summed E-state index contributed by atoms with van der Waals surface area (Å²) in [6.07, 6.45) is 2.40. The van der Waals surface area contributed by atoms with Crippen LogP contribution in [0.4, 0.5) is 4.39 Å². The van der Waals surface area contributed by atoms with Crippen LogP contribution in [0.5, 0.6) is 0 Å². The quantitative estimate of drug-likeness (QED) is 0.809. The smallest absolute Gasteiger partial charge is 0.251 e. The Bertz CT molecular complexity index is 411. The van der Waals surface area contributed by atoms with Crippen LogP contribution in [-0.4, -0.2) is 30.1 Å². The lowest BCUT2D eigenvalue weighted by molar-refractivity contribution is 0.0907. The maximum absolute atomic E-state index is 12.8. The van der Waals surface area contributed by atoms with Crippen molar-refractivity contribution in [2.75, 3.05) is 13.2 Å². The highest BCUT2D eigenvalue weighted by Gasteiger charge is 2.24. The van der Waals surface area contributed by atoms with Crippen LogP contribution < -0.4 is 5.32 Å². The van der Waals surface area contributed by atoms with Crippen molar-refractivity contribution in [3.8, 4) is 0 Å². The Morgan fingerprint density at radius 3 is 3.18 bits per heavy atom. The third kappa shape index (κ3) is 3.00. The minimum absolute atomic E-state index is 0.171. The second-order valence-corrected chi connectivity index (χ2v) is 4.20. The van der Waals surface area contributed by atoms with Gasteiger partial charge < -0.3 is 10.1 Å². The van der Waals surface area contributed by atoms with Gasteiger partial charge in [-0.15, -0.1) is 0 Å². The molecule has 5 heteroatoms. The second kappa shape index (κ2) is 5.23. The van der Waals surface area contributed by atoms with Gasteiger partial charge in [0.1, 0.15) is 0 Å². The average Bonchev–Trinajstić information content (AvgIpc) is 2.72. The maximum atomic E-state index is 12.8. The standard InChI is InChI=1S/C12H15FN2O2/c1-8-10(3-5-17-8)7-15-12(16)9-2-4-14-11(13)6-9/h2,4,6,8,10H,3,5,7H2,1H3,(H,15,16). The summed E-state index contributed by atoms with van der Waals surface area (Å²) in [7, 11) is 0. The minimum atomic E-state index is -0.643. The Balaban J connectivity index is 1.89. The molecule has 1 aliphatic heterocycles.